The molecule has 0 aromatic heterocycles. The van der Waals surface area contributed by atoms with E-state index in [0.29, 0.717) is 12.6 Å². The minimum Gasteiger partial charge on any atom is -0.489 e. The van der Waals surface area contributed by atoms with Crippen molar-refractivity contribution in [1.29, 1.82) is 0 Å². The van der Waals surface area contributed by atoms with Crippen molar-refractivity contribution in [2.75, 3.05) is 13.2 Å². The Kier molecular flexibility index (Phi) is 3.44. The Balaban J connectivity index is 1.95. The van der Waals surface area contributed by atoms with Gasteiger partial charge in [0.05, 0.1) is 5.02 Å². The van der Waals surface area contributed by atoms with Crippen LogP contribution in [-0.4, -0.2) is 19.2 Å². The van der Waals surface area contributed by atoms with Gasteiger partial charge in [-0.2, -0.15) is 0 Å². The van der Waals surface area contributed by atoms with Crippen LogP contribution in [0, 0.1) is 5.82 Å². The van der Waals surface area contributed by atoms with E-state index in [9.17, 15) is 4.39 Å². The second-order valence-corrected chi connectivity index (χ2v) is 4.06. The summed E-state index contributed by atoms with van der Waals surface area (Å²) in [6.45, 7) is 1.52. The molecule has 1 fully saturated rings. The fourth-order valence-electron chi connectivity index (χ4n) is 1.68. The van der Waals surface area contributed by atoms with Crippen LogP contribution in [-0.2, 0) is 0 Å². The monoisotopic (exact) mass is 229 g/mol. The van der Waals surface area contributed by atoms with Gasteiger partial charge in [0.1, 0.15) is 6.61 Å². The average molecular weight is 230 g/mol. The van der Waals surface area contributed by atoms with Crippen molar-refractivity contribution in [2.45, 2.75) is 18.9 Å². The molecule has 82 valence electrons. The van der Waals surface area contributed by atoms with Crippen LogP contribution >= 0.6 is 11.6 Å². The molecule has 0 bridgehead atoms. The van der Waals surface area contributed by atoms with E-state index in [2.05, 4.69) is 5.32 Å². The van der Waals surface area contributed by atoms with Gasteiger partial charge >= 0.3 is 0 Å². The Bertz CT molecular complexity index is 339. The highest BCUT2D eigenvalue weighted by Crippen LogP contribution is 2.24. The summed E-state index contributed by atoms with van der Waals surface area (Å²) in [5, 5.41) is 3.38. The Morgan fingerprint density at radius 3 is 3.13 bits per heavy atom. The third-order valence-electron chi connectivity index (χ3n) is 2.52. The maximum absolute atomic E-state index is 13.4. The molecule has 2 nitrogen and oxygen atoms in total. The first-order valence-corrected chi connectivity index (χ1v) is 5.45. The molecular formula is C11H13ClFNO. The van der Waals surface area contributed by atoms with Crippen molar-refractivity contribution in [3.8, 4) is 5.75 Å². The minimum atomic E-state index is -0.475. The molecule has 1 N–H and O–H groups in total. The van der Waals surface area contributed by atoms with Gasteiger partial charge in [-0.15, -0.1) is 0 Å². The number of hydrogen-bond acceptors (Lipinski definition) is 2. The lowest BCUT2D eigenvalue weighted by Crippen LogP contribution is -2.28. The van der Waals surface area contributed by atoms with Crippen molar-refractivity contribution in [1.82, 2.24) is 5.32 Å². The van der Waals surface area contributed by atoms with E-state index < -0.39 is 5.82 Å². The van der Waals surface area contributed by atoms with E-state index in [1.54, 1.807) is 12.1 Å². The van der Waals surface area contributed by atoms with Crippen molar-refractivity contribution in [3.05, 3.63) is 29.0 Å². The zero-order chi connectivity index (χ0) is 10.7. The summed E-state index contributed by atoms with van der Waals surface area (Å²) in [6, 6.07) is 5.12. The lowest BCUT2D eigenvalue weighted by molar-refractivity contribution is 0.265. The van der Waals surface area contributed by atoms with Crippen LogP contribution < -0.4 is 10.1 Å². The molecule has 4 heteroatoms. The molecule has 1 aromatic carbocycles. The third-order valence-corrected chi connectivity index (χ3v) is 2.81. The Labute approximate surface area is 93.4 Å². The summed E-state index contributed by atoms with van der Waals surface area (Å²) in [4.78, 5) is 0. The summed E-state index contributed by atoms with van der Waals surface area (Å²) in [5.74, 6) is -0.242. The van der Waals surface area contributed by atoms with Crippen molar-refractivity contribution in [3.63, 3.8) is 0 Å². The molecule has 1 atom stereocenters. The average Bonchev–Trinajstić information content (AvgIpc) is 2.73. The first kappa shape index (κ1) is 10.7. The Morgan fingerprint density at radius 2 is 2.40 bits per heavy atom. The maximum atomic E-state index is 13.4. The summed E-state index contributed by atoms with van der Waals surface area (Å²) >= 11 is 5.64. The predicted molar refractivity (Wildman–Crippen MR) is 57.9 cm³/mol. The van der Waals surface area contributed by atoms with Gasteiger partial charge in [-0.25, -0.2) is 4.39 Å². The molecular weight excluding hydrogens is 217 g/mol. The normalized spacial score (nSPS) is 20.5. The van der Waals surface area contributed by atoms with Crippen LogP contribution in [0.2, 0.25) is 5.02 Å². The maximum Gasteiger partial charge on any atom is 0.183 e. The SMILES string of the molecule is Fc1c(Cl)cccc1OC[C@H]1CCCN1. The zero-order valence-corrected chi connectivity index (χ0v) is 9.06. The number of halogens is 2. The van der Waals surface area contributed by atoms with Crippen LogP contribution in [0.15, 0.2) is 18.2 Å². The number of nitrogens with one attached hydrogen (secondary N) is 1. The molecule has 0 amide bonds. The highest BCUT2D eigenvalue weighted by atomic mass is 35.5. The van der Waals surface area contributed by atoms with Gasteiger partial charge < -0.3 is 10.1 Å². The second kappa shape index (κ2) is 4.81. The third kappa shape index (κ3) is 2.61. The van der Waals surface area contributed by atoms with Crippen LogP contribution in [0.5, 0.6) is 5.75 Å². The molecule has 1 aliphatic heterocycles. The summed E-state index contributed by atoms with van der Waals surface area (Å²) in [7, 11) is 0. The Hall–Kier alpha value is -0.800. The molecule has 1 heterocycles. The van der Waals surface area contributed by atoms with Gasteiger partial charge in [0, 0.05) is 6.04 Å². The molecule has 0 unspecified atom stereocenters. The lowest BCUT2D eigenvalue weighted by Gasteiger charge is -2.12. The zero-order valence-electron chi connectivity index (χ0n) is 8.30. The van der Waals surface area contributed by atoms with Crippen molar-refractivity contribution in [2.24, 2.45) is 0 Å². The summed E-state index contributed by atoms with van der Waals surface area (Å²) < 4.78 is 18.8. The first-order valence-electron chi connectivity index (χ1n) is 5.07. The highest BCUT2D eigenvalue weighted by Gasteiger charge is 2.15. The van der Waals surface area contributed by atoms with E-state index in [-0.39, 0.29) is 10.8 Å². The van der Waals surface area contributed by atoms with Gasteiger partial charge in [0.25, 0.3) is 0 Å². The molecule has 0 radical (unpaired) electrons. The number of ether oxygens (including phenoxy) is 1. The number of rotatable bonds is 3. The van der Waals surface area contributed by atoms with Gasteiger partial charge in [0.15, 0.2) is 11.6 Å². The first-order chi connectivity index (χ1) is 7.27. The van der Waals surface area contributed by atoms with Gasteiger partial charge in [-0.1, -0.05) is 17.7 Å². The molecule has 2 rings (SSSR count). The van der Waals surface area contributed by atoms with Crippen molar-refractivity contribution < 1.29 is 9.13 Å². The lowest BCUT2D eigenvalue weighted by atomic mass is 10.2. The highest BCUT2D eigenvalue weighted by molar-refractivity contribution is 6.30. The molecule has 1 aromatic rings. The van der Waals surface area contributed by atoms with Crippen LogP contribution in [0.1, 0.15) is 12.8 Å². The van der Waals surface area contributed by atoms with Crippen LogP contribution in [0.3, 0.4) is 0 Å². The molecule has 1 saturated heterocycles. The van der Waals surface area contributed by atoms with Gasteiger partial charge in [0.2, 0.25) is 0 Å². The van der Waals surface area contributed by atoms with Crippen LogP contribution in [0.4, 0.5) is 4.39 Å². The molecule has 0 saturated carbocycles. The second-order valence-electron chi connectivity index (χ2n) is 3.66. The van der Waals surface area contributed by atoms with Gasteiger partial charge in [-0.3, -0.25) is 0 Å². The smallest absolute Gasteiger partial charge is 0.183 e. The minimum absolute atomic E-state index is 0.104. The molecule has 15 heavy (non-hydrogen) atoms. The Morgan fingerprint density at radius 1 is 1.53 bits per heavy atom. The van der Waals surface area contributed by atoms with Crippen LogP contribution in [0.25, 0.3) is 0 Å². The van der Waals surface area contributed by atoms with Crippen molar-refractivity contribution >= 4 is 11.6 Å². The quantitative estimate of drug-likeness (QED) is 0.861. The van der Waals surface area contributed by atoms with E-state index in [4.69, 9.17) is 16.3 Å². The standard InChI is InChI=1S/C11H13ClFNO/c12-9-4-1-5-10(11(9)13)15-7-8-3-2-6-14-8/h1,4-5,8,14H,2-3,6-7H2/t8-/m1/s1. The molecule has 1 aliphatic rings. The summed E-state index contributed by atoms with van der Waals surface area (Å²) in [6.07, 6.45) is 2.24. The number of benzene rings is 1. The van der Waals surface area contributed by atoms with E-state index >= 15 is 0 Å². The topological polar surface area (TPSA) is 21.3 Å². The predicted octanol–water partition coefficient (Wildman–Crippen LogP) is 2.61. The van der Waals surface area contributed by atoms with E-state index in [0.717, 1.165) is 19.4 Å². The fourth-order valence-corrected chi connectivity index (χ4v) is 1.85. The summed E-state index contributed by atoms with van der Waals surface area (Å²) in [5.41, 5.74) is 0. The molecule has 0 aliphatic carbocycles. The molecule has 0 spiro atoms. The number of hydrogen-bond donors (Lipinski definition) is 1. The van der Waals surface area contributed by atoms with E-state index in [1.165, 1.54) is 6.07 Å². The van der Waals surface area contributed by atoms with Gasteiger partial charge in [-0.05, 0) is 31.5 Å². The largest absolute Gasteiger partial charge is 0.489 e. The van der Waals surface area contributed by atoms with E-state index in [1.807, 2.05) is 0 Å². The fraction of sp³-hybridized carbons (Fsp3) is 0.455.